The van der Waals surface area contributed by atoms with Crippen molar-refractivity contribution in [3.8, 4) is 11.5 Å². The summed E-state index contributed by atoms with van der Waals surface area (Å²) >= 11 is 0. The summed E-state index contributed by atoms with van der Waals surface area (Å²) in [4.78, 5) is 1.91. The third-order valence-electron chi connectivity index (χ3n) is 2.47. The molecule has 6 nitrogen and oxygen atoms in total. The SMILES string of the molecule is CN(C)Cc1cc2c(c(S(N)(=O)=O)c1)OCCO2. The minimum Gasteiger partial charge on any atom is -0.486 e. The molecule has 7 heteroatoms. The van der Waals surface area contributed by atoms with Crippen LogP contribution in [0.25, 0.3) is 0 Å². The Labute approximate surface area is 106 Å². The molecule has 0 bridgehead atoms. The minimum absolute atomic E-state index is 0.0171. The lowest BCUT2D eigenvalue weighted by Gasteiger charge is -2.22. The molecular formula is C11H16N2O4S. The van der Waals surface area contributed by atoms with Crippen LogP contribution >= 0.6 is 0 Å². The molecule has 18 heavy (non-hydrogen) atoms. The van der Waals surface area contributed by atoms with Crippen molar-refractivity contribution in [1.82, 2.24) is 4.90 Å². The number of primary sulfonamides is 1. The van der Waals surface area contributed by atoms with Crippen molar-refractivity contribution in [2.45, 2.75) is 11.4 Å². The molecule has 1 aromatic carbocycles. The van der Waals surface area contributed by atoms with Crippen molar-refractivity contribution < 1.29 is 17.9 Å². The van der Waals surface area contributed by atoms with E-state index in [0.717, 1.165) is 5.56 Å². The summed E-state index contributed by atoms with van der Waals surface area (Å²) in [5.74, 6) is 0.649. The Balaban J connectivity index is 2.55. The van der Waals surface area contributed by atoms with Crippen LogP contribution in [0.1, 0.15) is 5.56 Å². The summed E-state index contributed by atoms with van der Waals surface area (Å²) < 4.78 is 33.9. The van der Waals surface area contributed by atoms with E-state index in [1.54, 1.807) is 6.07 Å². The topological polar surface area (TPSA) is 81.9 Å². The van der Waals surface area contributed by atoms with E-state index in [4.69, 9.17) is 14.6 Å². The molecule has 0 aliphatic carbocycles. The van der Waals surface area contributed by atoms with Crippen LogP contribution in [0, 0.1) is 0 Å². The van der Waals surface area contributed by atoms with Crippen molar-refractivity contribution >= 4 is 10.0 Å². The minimum atomic E-state index is -3.83. The van der Waals surface area contributed by atoms with Gasteiger partial charge in [0.15, 0.2) is 11.5 Å². The zero-order valence-electron chi connectivity index (χ0n) is 10.3. The van der Waals surface area contributed by atoms with Crippen molar-refractivity contribution in [3.63, 3.8) is 0 Å². The van der Waals surface area contributed by atoms with Gasteiger partial charge in [0.05, 0.1) is 0 Å². The molecule has 1 aliphatic rings. The Morgan fingerprint density at radius 1 is 1.28 bits per heavy atom. The van der Waals surface area contributed by atoms with E-state index >= 15 is 0 Å². The summed E-state index contributed by atoms with van der Waals surface area (Å²) in [6.45, 7) is 1.32. The second kappa shape index (κ2) is 4.75. The zero-order chi connectivity index (χ0) is 13.3. The van der Waals surface area contributed by atoms with Gasteiger partial charge in [-0.25, -0.2) is 13.6 Å². The van der Waals surface area contributed by atoms with Crippen LogP contribution in [0.2, 0.25) is 0 Å². The van der Waals surface area contributed by atoms with Crippen LogP contribution in [0.15, 0.2) is 17.0 Å². The van der Waals surface area contributed by atoms with Gasteiger partial charge < -0.3 is 14.4 Å². The van der Waals surface area contributed by atoms with Crippen LogP contribution in [-0.4, -0.2) is 40.6 Å². The molecule has 0 atom stereocenters. The lowest BCUT2D eigenvalue weighted by molar-refractivity contribution is 0.166. The third-order valence-corrected chi connectivity index (χ3v) is 3.39. The molecular weight excluding hydrogens is 256 g/mol. The molecule has 2 rings (SSSR count). The highest BCUT2D eigenvalue weighted by Crippen LogP contribution is 2.37. The lowest BCUT2D eigenvalue weighted by Crippen LogP contribution is -2.21. The standard InChI is InChI=1S/C11H16N2O4S/c1-13(2)7-8-5-9-11(17-4-3-16-9)10(6-8)18(12,14)15/h5-6H,3-4,7H2,1-2H3,(H2,12,14,15). The molecule has 1 aliphatic heterocycles. The fourth-order valence-corrected chi connectivity index (χ4v) is 2.58. The zero-order valence-corrected chi connectivity index (χ0v) is 11.2. The lowest BCUT2D eigenvalue weighted by atomic mass is 10.2. The van der Waals surface area contributed by atoms with E-state index in [0.29, 0.717) is 25.5 Å². The number of rotatable bonds is 3. The highest BCUT2D eigenvalue weighted by molar-refractivity contribution is 7.89. The number of benzene rings is 1. The van der Waals surface area contributed by atoms with E-state index in [1.807, 2.05) is 19.0 Å². The predicted octanol–water partition coefficient (Wildman–Crippen LogP) is 0.167. The molecule has 0 radical (unpaired) electrons. The highest BCUT2D eigenvalue weighted by atomic mass is 32.2. The van der Waals surface area contributed by atoms with Crippen LogP contribution in [0.4, 0.5) is 0 Å². The molecule has 0 saturated heterocycles. The van der Waals surface area contributed by atoms with Crippen LogP contribution in [0.5, 0.6) is 11.5 Å². The number of ether oxygens (including phenoxy) is 2. The van der Waals surface area contributed by atoms with Gasteiger partial charge in [-0.15, -0.1) is 0 Å². The Kier molecular flexibility index (Phi) is 3.47. The van der Waals surface area contributed by atoms with Gasteiger partial charge in [-0.2, -0.15) is 0 Å². The average Bonchev–Trinajstić information content (AvgIpc) is 2.25. The Bertz CT molecular complexity index is 554. The van der Waals surface area contributed by atoms with Gasteiger partial charge in [-0.3, -0.25) is 0 Å². The first-order chi connectivity index (χ1) is 8.38. The number of fused-ring (bicyclic) bond motifs is 1. The molecule has 0 fully saturated rings. The van der Waals surface area contributed by atoms with Gasteiger partial charge in [0.25, 0.3) is 0 Å². The molecule has 1 aromatic rings. The van der Waals surface area contributed by atoms with E-state index < -0.39 is 10.0 Å². The van der Waals surface area contributed by atoms with Crippen molar-refractivity contribution in [1.29, 1.82) is 0 Å². The Morgan fingerprint density at radius 2 is 1.94 bits per heavy atom. The van der Waals surface area contributed by atoms with Gasteiger partial charge >= 0.3 is 0 Å². The predicted molar refractivity (Wildman–Crippen MR) is 66.2 cm³/mol. The van der Waals surface area contributed by atoms with Crippen LogP contribution in [0.3, 0.4) is 0 Å². The molecule has 0 spiro atoms. The maximum absolute atomic E-state index is 11.6. The summed E-state index contributed by atoms with van der Waals surface area (Å²) in [6, 6.07) is 3.31. The Hall–Kier alpha value is -1.31. The number of hydrogen-bond acceptors (Lipinski definition) is 5. The summed E-state index contributed by atoms with van der Waals surface area (Å²) in [6.07, 6.45) is 0. The molecule has 0 aromatic heterocycles. The smallest absolute Gasteiger partial charge is 0.241 e. The van der Waals surface area contributed by atoms with Crippen molar-refractivity contribution in [2.75, 3.05) is 27.3 Å². The maximum atomic E-state index is 11.6. The second-order valence-corrected chi connectivity index (χ2v) is 5.93. The highest BCUT2D eigenvalue weighted by Gasteiger charge is 2.24. The van der Waals surface area contributed by atoms with Gasteiger partial charge in [-0.1, -0.05) is 0 Å². The molecule has 0 saturated carbocycles. The fraction of sp³-hybridized carbons (Fsp3) is 0.455. The monoisotopic (exact) mass is 272 g/mol. The van der Waals surface area contributed by atoms with E-state index in [9.17, 15) is 8.42 Å². The first-order valence-corrected chi connectivity index (χ1v) is 7.02. The summed E-state index contributed by atoms with van der Waals surface area (Å²) in [7, 11) is -0.0336. The van der Waals surface area contributed by atoms with Crippen LogP contribution < -0.4 is 14.6 Å². The molecule has 2 N–H and O–H groups in total. The first kappa shape index (κ1) is 13.1. The van der Waals surface area contributed by atoms with E-state index in [1.165, 1.54) is 6.07 Å². The molecule has 100 valence electrons. The summed E-state index contributed by atoms with van der Waals surface area (Å²) in [5.41, 5.74) is 0.813. The molecule has 1 heterocycles. The average molecular weight is 272 g/mol. The second-order valence-electron chi connectivity index (χ2n) is 4.40. The quantitative estimate of drug-likeness (QED) is 0.848. The van der Waals surface area contributed by atoms with Gasteiger partial charge in [0.1, 0.15) is 18.1 Å². The van der Waals surface area contributed by atoms with Crippen molar-refractivity contribution in [2.24, 2.45) is 5.14 Å². The third kappa shape index (κ3) is 2.74. The van der Waals surface area contributed by atoms with Gasteiger partial charge in [-0.05, 0) is 31.8 Å². The van der Waals surface area contributed by atoms with Gasteiger partial charge in [0.2, 0.25) is 10.0 Å². The van der Waals surface area contributed by atoms with Gasteiger partial charge in [0, 0.05) is 6.54 Å². The number of hydrogen-bond donors (Lipinski definition) is 1. The van der Waals surface area contributed by atoms with Crippen LogP contribution in [-0.2, 0) is 16.6 Å². The first-order valence-electron chi connectivity index (χ1n) is 5.48. The van der Waals surface area contributed by atoms with E-state index in [2.05, 4.69) is 0 Å². The summed E-state index contributed by atoms with van der Waals surface area (Å²) in [5, 5.41) is 5.20. The largest absolute Gasteiger partial charge is 0.486 e. The normalized spacial score (nSPS) is 14.9. The molecule has 0 amide bonds. The number of nitrogens with zero attached hydrogens (tertiary/aromatic N) is 1. The van der Waals surface area contributed by atoms with Crippen molar-refractivity contribution in [3.05, 3.63) is 17.7 Å². The Morgan fingerprint density at radius 3 is 2.56 bits per heavy atom. The van der Waals surface area contributed by atoms with E-state index in [-0.39, 0.29) is 10.6 Å². The number of nitrogens with two attached hydrogens (primary N) is 1. The number of sulfonamides is 1. The molecule has 0 unspecified atom stereocenters. The maximum Gasteiger partial charge on any atom is 0.241 e. The fourth-order valence-electron chi connectivity index (χ4n) is 1.84.